The van der Waals surface area contributed by atoms with E-state index in [-0.39, 0.29) is 17.4 Å². The number of carbonyl (C=O) groups is 1. The molecule has 0 saturated carbocycles. The Balaban J connectivity index is 1.58. The van der Waals surface area contributed by atoms with Gasteiger partial charge in [-0.2, -0.15) is 0 Å². The van der Waals surface area contributed by atoms with Crippen molar-refractivity contribution in [1.29, 1.82) is 0 Å². The lowest BCUT2D eigenvalue weighted by molar-refractivity contribution is -0.120. The summed E-state index contributed by atoms with van der Waals surface area (Å²) in [6.07, 6.45) is 1.15. The zero-order chi connectivity index (χ0) is 23.4. The maximum atomic E-state index is 13.2. The molecule has 1 aliphatic rings. The van der Waals surface area contributed by atoms with Gasteiger partial charge in [-0.05, 0) is 36.4 Å². The molecule has 3 aromatic rings. The normalized spacial score (nSPS) is 15.0. The summed E-state index contributed by atoms with van der Waals surface area (Å²) in [5.41, 5.74) is 0.378. The number of benzene rings is 2. The Labute approximate surface area is 201 Å². The molecule has 8 nitrogen and oxygen atoms in total. The van der Waals surface area contributed by atoms with Crippen LogP contribution in [0.5, 0.6) is 5.75 Å². The maximum absolute atomic E-state index is 13.2. The molecule has 176 valence electrons. The summed E-state index contributed by atoms with van der Waals surface area (Å²) in [7, 11) is -3.46. The van der Waals surface area contributed by atoms with Crippen molar-refractivity contribution >= 4 is 54.0 Å². The van der Waals surface area contributed by atoms with Crippen LogP contribution < -0.4 is 9.64 Å². The highest BCUT2D eigenvalue weighted by Crippen LogP contribution is 2.32. The Morgan fingerprint density at radius 1 is 1.21 bits per heavy atom. The molecule has 0 spiro atoms. The standard InChI is InChI=1S/C22H24ClN3O5S2/c1-33(28,29)19-4-2-3-18-21(19)24-22(32-18)26(10-9-25-11-13-30-14-12-25)20(27)15-31-17-7-5-16(23)6-8-17/h2-8H,9-15H2,1H3. The van der Waals surface area contributed by atoms with Crippen LogP contribution in [0.25, 0.3) is 10.2 Å². The molecule has 1 aromatic heterocycles. The first kappa shape index (κ1) is 23.9. The van der Waals surface area contributed by atoms with Crippen LogP contribution in [0.2, 0.25) is 5.02 Å². The number of fused-ring (bicyclic) bond motifs is 1. The van der Waals surface area contributed by atoms with Gasteiger partial charge in [-0.15, -0.1) is 0 Å². The molecule has 1 amide bonds. The molecule has 0 N–H and O–H groups in total. The number of nitrogens with zero attached hydrogens (tertiary/aromatic N) is 3. The summed E-state index contributed by atoms with van der Waals surface area (Å²) >= 11 is 7.20. The Morgan fingerprint density at radius 3 is 2.64 bits per heavy atom. The number of amides is 1. The van der Waals surface area contributed by atoms with Crippen LogP contribution in [0.4, 0.5) is 5.13 Å². The number of anilines is 1. The number of halogens is 1. The van der Waals surface area contributed by atoms with Crippen molar-refractivity contribution in [3.63, 3.8) is 0 Å². The number of carbonyl (C=O) groups excluding carboxylic acids is 1. The Kier molecular flexibility index (Phi) is 7.50. The number of morpholine rings is 1. The molecule has 2 aromatic carbocycles. The highest BCUT2D eigenvalue weighted by Gasteiger charge is 2.24. The van der Waals surface area contributed by atoms with Crippen molar-refractivity contribution in [2.75, 3.05) is 57.2 Å². The van der Waals surface area contributed by atoms with E-state index in [9.17, 15) is 13.2 Å². The number of ether oxygens (including phenoxy) is 2. The second-order valence-electron chi connectivity index (χ2n) is 7.61. The smallest absolute Gasteiger partial charge is 0.266 e. The van der Waals surface area contributed by atoms with Gasteiger partial charge in [0.25, 0.3) is 5.91 Å². The summed E-state index contributed by atoms with van der Waals surface area (Å²) in [5.74, 6) is 0.266. The molecule has 1 saturated heterocycles. The van der Waals surface area contributed by atoms with Gasteiger partial charge in [0.15, 0.2) is 21.6 Å². The second-order valence-corrected chi connectivity index (χ2v) is 11.0. The van der Waals surface area contributed by atoms with E-state index in [1.165, 1.54) is 17.4 Å². The number of sulfone groups is 1. The number of rotatable bonds is 8. The van der Waals surface area contributed by atoms with E-state index in [2.05, 4.69) is 9.88 Å². The number of hydrogen-bond donors (Lipinski definition) is 0. The Morgan fingerprint density at radius 2 is 1.94 bits per heavy atom. The topological polar surface area (TPSA) is 89.0 Å². The molecule has 11 heteroatoms. The van der Waals surface area contributed by atoms with Crippen molar-refractivity contribution in [2.45, 2.75) is 4.90 Å². The third-order valence-corrected chi connectivity index (χ3v) is 7.65. The van der Waals surface area contributed by atoms with Gasteiger partial charge in [-0.3, -0.25) is 14.6 Å². The molecular formula is C22H24ClN3O5S2. The summed E-state index contributed by atoms with van der Waals surface area (Å²) in [5, 5.41) is 1.02. The van der Waals surface area contributed by atoms with Gasteiger partial charge in [-0.1, -0.05) is 29.0 Å². The Hall–Kier alpha value is -2.24. The molecular weight excluding hydrogens is 486 g/mol. The zero-order valence-electron chi connectivity index (χ0n) is 18.1. The van der Waals surface area contributed by atoms with Crippen LogP contribution in [0, 0.1) is 0 Å². The van der Waals surface area contributed by atoms with Crippen LogP contribution >= 0.6 is 22.9 Å². The van der Waals surface area contributed by atoms with E-state index in [0.29, 0.717) is 52.4 Å². The van der Waals surface area contributed by atoms with E-state index in [1.54, 1.807) is 41.3 Å². The quantitative estimate of drug-likeness (QED) is 0.461. The maximum Gasteiger partial charge on any atom is 0.266 e. The third kappa shape index (κ3) is 6.01. The molecule has 0 aliphatic carbocycles. The summed E-state index contributed by atoms with van der Waals surface area (Å²) in [6, 6.07) is 11.8. The number of hydrogen-bond acceptors (Lipinski definition) is 8. The highest BCUT2D eigenvalue weighted by molar-refractivity contribution is 7.91. The van der Waals surface area contributed by atoms with Crippen LogP contribution in [0.1, 0.15) is 0 Å². The number of thiazole rings is 1. The van der Waals surface area contributed by atoms with Crippen molar-refractivity contribution in [3.8, 4) is 5.75 Å². The average molecular weight is 510 g/mol. The SMILES string of the molecule is CS(=O)(=O)c1cccc2sc(N(CCN3CCOCC3)C(=O)COc3ccc(Cl)cc3)nc12. The number of para-hydroxylation sites is 1. The van der Waals surface area contributed by atoms with Crippen LogP contribution in [0.3, 0.4) is 0 Å². The van der Waals surface area contributed by atoms with Crippen molar-refractivity contribution in [3.05, 3.63) is 47.5 Å². The van der Waals surface area contributed by atoms with Crippen LogP contribution in [-0.4, -0.2) is 76.5 Å². The van der Waals surface area contributed by atoms with E-state index in [0.717, 1.165) is 19.3 Å². The fourth-order valence-corrected chi connectivity index (χ4v) is 5.53. The van der Waals surface area contributed by atoms with Gasteiger partial charge in [0, 0.05) is 37.5 Å². The average Bonchev–Trinajstić information content (AvgIpc) is 3.22. The van der Waals surface area contributed by atoms with Gasteiger partial charge in [0.1, 0.15) is 11.3 Å². The summed E-state index contributed by atoms with van der Waals surface area (Å²) in [6.45, 7) is 3.77. The van der Waals surface area contributed by atoms with Crippen molar-refractivity contribution in [2.24, 2.45) is 0 Å². The molecule has 1 fully saturated rings. The summed E-state index contributed by atoms with van der Waals surface area (Å²) < 4.78 is 36.2. The molecule has 1 aliphatic heterocycles. The zero-order valence-corrected chi connectivity index (χ0v) is 20.5. The molecule has 33 heavy (non-hydrogen) atoms. The molecule has 2 heterocycles. The minimum absolute atomic E-state index is 0.153. The first-order chi connectivity index (χ1) is 15.8. The van der Waals surface area contributed by atoms with Crippen LogP contribution in [0.15, 0.2) is 47.4 Å². The first-order valence-electron chi connectivity index (χ1n) is 10.4. The molecule has 0 bridgehead atoms. The van der Waals surface area contributed by atoms with E-state index in [4.69, 9.17) is 21.1 Å². The minimum atomic E-state index is -3.46. The predicted molar refractivity (Wildman–Crippen MR) is 129 cm³/mol. The van der Waals surface area contributed by atoms with E-state index in [1.807, 2.05) is 0 Å². The fourth-order valence-electron chi connectivity index (χ4n) is 3.47. The largest absolute Gasteiger partial charge is 0.484 e. The van der Waals surface area contributed by atoms with Gasteiger partial charge in [0.2, 0.25) is 0 Å². The Bertz CT molecular complexity index is 1220. The number of aromatic nitrogens is 1. The minimum Gasteiger partial charge on any atom is -0.484 e. The van der Waals surface area contributed by atoms with E-state index >= 15 is 0 Å². The van der Waals surface area contributed by atoms with Gasteiger partial charge in [-0.25, -0.2) is 13.4 Å². The van der Waals surface area contributed by atoms with Crippen molar-refractivity contribution in [1.82, 2.24) is 9.88 Å². The second kappa shape index (κ2) is 10.4. The molecule has 4 rings (SSSR count). The van der Waals surface area contributed by atoms with Gasteiger partial charge < -0.3 is 9.47 Å². The van der Waals surface area contributed by atoms with Gasteiger partial charge in [0.05, 0.1) is 22.8 Å². The lowest BCUT2D eigenvalue weighted by Gasteiger charge is -2.29. The lowest BCUT2D eigenvalue weighted by Crippen LogP contribution is -2.44. The lowest BCUT2D eigenvalue weighted by atomic mass is 10.3. The fraction of sp³-hybridized carbons (Fsp3) is 0.364. The molecule has 0 unspecified atom stereocenters. The van der Waals surface area contributed by atoms with Crippen LogP contribution in [-0.2, 0) is 19.4 Å². The molecule has 0 atom stereocenters. The van der Waals surface area contributed by atoms with E-state index < -0.39 is 9.84 Å². The summed E-state index contributed by atoms with van der Waals surface area (Å²) in [4.78, 5) is 21.7. The van der Waals surface area contributed by atoms with Gasteiger partial charge >= 0.3 is 0 Å². The highest BCUT2D eigenvalue weighted by atomic mass is 35.5. The van der Waals surface area contributed by atoms with Crippen molar-refractivity contribution < 1.29 is 22.7 Å². The monoisotopic (exact) mass is 509 g/mol. The predicted octanol–water partition coefficient (Wildman–Crippen LogP) is 3.10. The first-order valence-corrected chi connectivity index (χ1v) is 13.5. The third-order valence-electron chi connectivity index (χ3n) is 5.22. The molecule has 0 radical (unpaired) electrons.